The molecule has 19 heavy (non-hydrogen) atoms. The Kier molecular flexibility index (Phi) is 3.34. The van der Waals surface area contributed by atoms with E-state index < -0.39 is 0 Å². The Morgan fingerprint density at radius 1 is 1.32 bits per heavy atom. The van der Waals surface area contributed by atoms with E-state index in [9.17, 15) is 4.79 Å². The zero-order chi connectivity index (χ0) is 13.1. The number of hydrogen-bond donors (Lipinski definition) is 1. The molecule has 1 aliphatic carbocycles. The molecule has 0 radical (unpaired) electrons. The van der Waals surface area contributed by atoms with Gasteiger partial charge in [-0.15, -0.1) is 11.3 Å². The van der Waals surface area contributed by atoms with E-state index in [4.69, 9.17) is 0 Å². The lowest BCUT2D eigenvalue weighted by Gasteiger charge is -2.40. The third-order valence-corrected chi connectivity index (χ3v) is 4.63. The molecule has 0 spiro atoms. The third-order valence-electron chi connectivity index (χ3n) is 3.85. The molecule has 1 heterocycles. The minimum Gasteiger partial charge on any atom is -0.349 e. The first-order valence-corrected chi connectivity index (χ1v) is 7.41. The van der Waals surface area contributed by atoms with Crippen molar-refractivity contribution in [2.75, 3.05) is 0 Å². The lowest BCUT2D eigenvalue weighted by molar-refractivity contribution is -0.130. The van der Waals surface area contributed by atoms with Crippen molar-refractivity contribution >= 4 is 17.2 Å². The van der Waals surface area contributed by atoms with Crippen molar-refractivity contribution in [2.45, 2.75) is 31.2 Å². The predicted molar refractivity (Wildman–Crippen MR) is 75.9 cm³/mol. The first-order chi connectivity index (χ1) is 9.31. The standard InChI is InChI=1S/C15H16N2OS/c18-14(17-11-13-16-9-10-19-13)15(7-4-8-15)12-5-2-1-3-6-12/h1-3,5-6,9-10H,4,7-8,11H2,(H,17,18). The van der Waals surface area contributed by atoms with E-state index in [0.29, 0.717) is 6.54 Å². The Balaban J connectivity index is 1.73. The number of carbonyl (C=O) groups excluding carboxylic acids is 1. The molecule has 0 aliphatic heterocycles. The number of nitrogens with zero attached hydrogens (tertiary/aromatic N) is 1. The highest BCUT2D eigenvalue weighted by molar-refractivity contribution is 7.09. The first kappa shape index (κ1) is 12.4. The highest BCUT2D eigenvalue weighted by Crippen LogP contribution is 2.43. The number of rotatable bonds is 4. The fourth-order valence-corrected chi connectivity index (χ4v) is 3.16. The van der Waals surface area contributed by atoms with Gasteiger partial charge >= 0.3 is 0 Å². The van der Waals surface area contributed by atoms with Gasteiger partial charge in [0.05, 0.1) is 12.0 Å². The molecular formula is C15H16N2OS. The average Bonchev–Trinajstić information content (AvgIpc) is 2.89. The number of thiazole rings is 1. The molecule has 3 rings (SSSR count). The van der Waals surface area contributed by atoms with Gasteiger partial charge in [-0.1, -0.05) is 36.8 Å². The van der Waals surface area contributed by atoms with E-state index >= 15 is 0 Å². The lowest BCUT2D eigenvalue weighted by Crippen LogP contribution is -2.48. The van der Waals surface area contributed by atoms with Crippen molar-refractivity contribution in [1.29, 1.82) is 0 Å². The molecule has 1 N–H and O–H groups in total. The number of carbonyl (C=O) groups is 1. The summed E-state index contributed by atoms with van der Waals surface area (Å²) in [6, 6.07) is 10.1. The van der Waals surface area contributed by atoms with Gasteiger partial charge < -0.3 is 5.32 Å². The van der Waals surface area contributed by atoms with Crippen molar-refractivity contribution in [1.82, 2.24) is 10.3 Å². The van der Waals surface area contributed by atoms with Crippen LogP contribution >= 0.6 is 11.3 Å². The zero-order valence-corrected chi connectivity index (χ0v) is 11.5. The molecule has 98 valence electrons. The number of amides is 1. The Morgan fingerprint density at radius 3 is 2.68 bits per heavy atom. The molecular weight excluding hydrogens is 256 g/mol. The average molecular weight is 272 g/mol. The summed E-state index contributed by atoms with van der Waals surface area (Å²) in [6.07, 6.45) is 4.78. The van der Waals surface area contributed by atoms with Gasteiger partial charge in [0.25, 0.3) is 0 Å². The number of nitrogens with one attached hydrogen (secondary N) is 1. The molecule has 0 unspecified atom stereocenters. The van der Waals surface area contributed by atoms with Gasteiger partial charge in [-0.25, -0.2) is 4.98 Å². The van der Waals surface area contributed by atoms with Gasteiger partial charge in [0.15, 0.2) is 0 Å². The van der Waals surface area contributed by atoms with Crippen LogP contribution < -0.4 is 5.32 Å². The van der Waals surface area contributed by atoms with Crippen LogP contribution in [0.15, 0.2) is 41.9 Å². The highest BCUT2D eigenvalue weighted by atomic mass is 32.1. The number of benzene rings is 1. The second kappa shape index (κ2) is 5.13. The summed E-state index contributed by atoms with van der Waals surface area (Å²) in [4.78, 5) is 16.7. The SMILES string of the molecule is O=C(NCc1nccs1)C1(c2ccccc2)CCC1. The molecule has 1 aromatic carbocycles. The Bertz CT molecular complexity index is 547. The van der Waals surface area contributed by atoms with Gasteiger partial charge in [-0.2, -0.15) is 0 Å². The normalized spacial score (nSPS) is 16.6. The van der Waals surface area contributed by atoms with Crippen molar-refractivity contribution < 1.29 is 4.79 Å². The summed E-state index contributed by atoms with van der Waals surface area (Å²) < 4.78 is 0. The highest BCUT2D eigenvalue weighted by Gasteiger charge is 2.45. The van der Waals surface area contributed by atoms with Gasteiger partial charge in [0.2, 0.25) is 5.91 Å². The third kappa shape index (κ3) is 2.28. The van der Waals surface area contributed by atoms with Crippen LogP contribution in [0.4, 0.5) is 0 Å². The van der Waals surface area contributed by atoms with E-state index in [1.54, 1.807) is 17.5 Å². The summed E-state index contributed by atoms with van der Waals surface area (Å²) in [5.41, 5.74) is 0.830. The molecule has 2 aromatic rings. The van der Waals surface area contributed by atoms with Crippen LogP contribution in [0.25, 0.3) is 0 Å². The fourth-order valence-electron chi connectivity index (χ4n) is 2.60. The van der Waals surface area contributed by atoms with Crippen molar-refractivity contribution in [3.63, 3.8) is 0 Å². The quantitative estimate of drug-likeness (QED) is 0.930. The summed E-state index contributed by atoms with van der Waals surface area (Å²) in [5.74, 6) is 0.139. The topological polar surface area (TPSA) is 42.0 Å². The Hall–Kier alpha value is -1.68. The fraction of sp³-hybridized carbons (Fsp3) is 0.333. The molecule has 1 fully saturated rings. The number of aromatic nitrogens is 1. The van der Waals surface area contributed by atoms with Gasteiger partial charge in [0, 0.05) is 11.6 Å². The molecule has 4 heteroatoms. The van der Waals surface area contributed by atoms with Gasteiger partial charge in [0.1, 0.15) is 5.01 Å². The Morgan fingerprint density at radius 2 is 2.11 bits per heavy atom. The smallest absolute Gasteiger partial charge is 0.231 e. The molecule has 1 aromatic heterocycles. The second-order valence-electron chi connectivity index (χ2n) is 4.91. The van der Waals surface area contributed by atoms with Crippen LogP contribution in [-0.4, -0.2) is 10.9 Å². The second-order valence-corrected chi connectivity index (χ2v) is 5.89. The maximum atomic E-state index is 12.5. The molecule has 0 saturated heterocycles. The van der Waals surface area contributed by atoms with Gasteiger partial charge in [-0.05, 0) is 18.4 Å². The van der Waals surface area contributed by atoms with Crippen LogP contribution in [0.2, 0.25) is 0 Å². The van der Waals surface area contributed by atoms with Crippen LogP contribution in [0.1, 0.15) is 29.8 Å². The molecule has 1 amide bonds. The number of hydrogen-bond acceptors (Lipinski definition) is 3. The first-order valence-electron chi connectivity index (χ1n) is 6.53. The lowest BCUT2D eigenvalue weighted by atomic mass is 9.64. The molecule has 1 saturated carbocycles. The monoisotopic (exact) mass is 272 g/mol. The predicted octanol–water partition coefficient (Wildman–Crippen LogP) is 2.88. The largest absolute Gasteiger partial charge is 0.349 e. The molecule has 0 atom stereocenters. The molecule has 0 bridgehead atoms. The van der Waals surface area contributed by atoms with E-state index in [1.807, 2.05) is 23.6 Å². The zero-order valence-electron chi connectivity index (χ0n) is 10.6. The summed E-state index contributed by atoms with van der Waals surface area (Å²) in [5, 5.41) is 5.92. The Labute approximate surface area is 116 Å². The maximum Gasteiger partial charge on any atom is 0.231 e. The maximum absolute atomic E-state index is 12.5. The van der Waals surface area contributed by atoms with E-state index in [0.717, 1.165) is 29.8 Å². The van der Waals surface area contributed by atoms with E-state index in [-0.39, 0.29) is 11.3 Å². The van der Waals surface area contributed by atoms with Crippen molar-refractivity contribution in [2.24, 2.45) is 0 Å². The van der Waals surface area contributed by atoms with Crippen molar-refractivity contribution in [3.05, 3.63) is 52.5 Å². The minimum atomic E-state index is -0.307. The van der Waals surface area contributed by atoms with E-state index in [1.165, 1.54) is 0 Å². The van der Waals surface area contributed by atoms with E-state index in [2.05, 4.69) is 22.4 Å². The van der Waals surface area contributed by atoms with Crippen LogP contribution in [0.5, 0.6) is 0 Å². The summed E-state index contributed by atoms with van der Waals surface area (Å²) in [7, 11) is 0. The van der Waals surface area contributed by atoms with Crippen molar-refractivity contribution in [3.8, 4) is 0 Å². The summed E-state index contributed by atoms with van der Waals surface area (Å²) in [6.45, 7) is 0.533. The molecule has 1 aliphatic rings. The minimum absolute atomic E-state index is 0.139. The van der Waals surface area contributed by atoms with Gasteiger partial charge in [-0.3, -0.25) is 4.79 Å². The molecule has 3 nitrogen and oxygen atoms in total. The summed E-state index contributed by atoms with van der Waals surface area (Å²) >= 11 is 1.57. The van der Waals surface area contributed by atoms with Crippen LogP contribution in [0.3, 0.4) is 0 Å². The van der Waals surface area contributed by atoms with Crippen LogP contribution in [-0.2, 0) is 16.8 Å². The van der Waals surface area contributed by atoms with Crippen LogP contribution in [0, 0.1) is 0 Å².